The first kappa shape index (κ1) is 18.1. The number of hydrogen-bond acceptors (Lipinski definition) is 6. The highest BCUT2D eigenvalue weighted by Crippen LogP contribution is 2.35. The van der Waals surface area contributed by atoms with Crippen molar-refractivity contribution in [2.24, 2.45) is 5.41 Å². The first-order valence-electron chi connectivity index (χ1n) is 9.10. The molecule has 1 atom stereocenters. The minimum Gasteiger partial charge on any atom is -0.379 e. The summed E-state index contributed by atoms with van der Waals surface area (Å²) in [6.45, 7) is 5.18. The van der Waals surface area contributed by atoms with E-state index < -0.39 is 0 Å². The van der Waals surface area contributed by atoms with Crippen molar-refractivity contribution >= 4 is 17.2 Å². The van der Waals surface area contributed by atoms with E-state index in [4.69, 9.17) is 10.00 Å². The van der Waals surface area contributed by atoms with Gasteiger partial charge in [0.2, 0.25) is 5.91 Å². The predicted molar refractivity (Wildman–Crippen MR) is 102 cm³/mol. The van der Waals surface area contributed by atoms with E-state index in [1.807, 2.05) is 35.4 Å². The zero-order valence-corrected chi connectivity index (χ0v) is 16.0. The van der Waals surface area contributed by atoms with Gasteiger partial charge in [-0.05, 0) is 17.7 Å². The first-order valence-corrected chi connectivity index (χ1v) is 9.98. The number of nitriles is 1. The van der Waals surface area contributed by atoms with Crippen molar-refractivity contribution in [1.29, 1.82) is 5.26 Å². The Morgan fingerprint density at radius 3 is 2.85 bits per heavy atom. The molecule has 0 saturated carbocycles. The molecule has 2 aromatic rings. The average Bonchev–Trinajstić information content (AvgIpc) is 3.22. The Kier molecular flexibility index (Phi) is 5.21. The van der Waals surface area contributed by atoms with Crippen molar-refractivity contribution in [2.45, 2.75) is 19.5 Å². The van der Waals surface area contributed by atoms with Crippen LogP contribution in [0.4, 0.5) is 0 Å². The highest BCUT2D eigenvalue weighted by atomic mass is 32.1. The second kappa shape index (κ2) is 7.77. The molecular formula is C20H22N4O2S. The molecule has 1 aromatic heterocycles. The molecule has 0 radical (unpaired) electrons. The first-order chi connectivity index (χ1) is 13.2. The summed E-state index contributed by atoms with van der Waals surface area (Å²) in [5.74, 6) is 0.201. The maximum Gasteiger partial charge on any atom is 0.223 e. The monoisotopic (exact) mass is 382 g/mol. The third-order valence-corrected chi connectivity index (χ3v) is 6.01. The van der Waals surface area contributed by atoms with Crippen LogP contribution in [0.5, 0.6) is 0 Å². The number of carbonyl (C=O) groups excluding carboxylic acids is 1. The van der Waals surface area contributed by atoms with Gasteiger partial charge in [-0.3, -0.25) is 14.7 Å². The van der Waals surface area contributed by atoms with E-state index in [1.54, 1.807) is 16.8 Å². The summed E-state index contributed by atoms with van der Waals surface area (Å²) < 4.78 is 5.90. The van der Waals surface area contributed by atoms with Gasteiger partial charge in [0.05, 0.1) is 36.9 Å². The number of likely N-dealkylation sites (tertiary alicyclic amines) is 1. The van der Waals surface area contributed by atoms with Gasteiger partial charge in [0, 0.05) is 49.1 Å². The van der Waals surface area contributed by atoms with E-state index >= 15 is 0 Å². The van der Waals surface area contributed by atoms with E-state index in [2.05, 4.69) is 16.0 Å². The summed E-state index contributed by atoms with van der Waals surface area (Å²) in [5.41, 5.74) is 3.51. The van der Waals surface area contributed by atoms with Crippen LogP contribution in [0.1, 0.15) is 22.4 Å². The number of aromatic nitrogens is 1. The summed E-state index contributed by atoms with van der Waals surface area (Å²) in [6.07, 6.45) is 2.37. The van der Waals surface area contributed by atoms with E-state index in [0.717, 1.165) is 31.1 Å². The van der Waals surface area contributed by atoms with Gasteiger partial charge in [0.25, 0.3) is 0 Å². The fourth-order valence-electron chi connectivity index (χ4n) is 4.00. The molecule has 1 aromatic carbocycles. The van der Waals surface area contributed by atoms with Crippen LogP contribution in [0.25, 0.3) is 0 Å². The molecule has 27 heavy (non-hydrogen) atoms. The van der Waals surface area contributed by atoms with Gasteiger partial charge in [0.15, 0.2) is 0 Å². The minimum atomic E-state index is -0.148. The number of carbonyl (C=O) groups is 1. The molecule has 3 heterocycles. The lowest BCUT2D eigenvalue weighted by molar-refractivity contribution is -0.128. The highest BCUT2D eigenvalue weighted by Gasteiger charge is 2.45. The minimum absolute atomic E-state index is 0.148. The number of amides is 1. The molecule has 1 unspecified atom stereocenters. The Morgan fingerprint density at radius 2 is 2.11 bits per heavy atom. The summed E-state index contributed by atoms with van der Waals surface area (Å²) in [6, 6.07) is 9.88. The average molecular weight is 382 g/mol. The Hall–Kier alpha value is -2.27. The van der Waals surface area contributed by atoms with Crippen molar-refractivity contribution < 1.29 is 9.53 Å². The van der Waals surface area contributed by atoms with Crippen molar-refractivity contribution in [3.8, 4) is 6.07 Å². The number of nitrogens with zero attached hydrogens (tertiary/aromatic N) is 4. The molecule has 2 fully saturated rings. The highest BCUT2D eigenvalue weighted by molar-refractivity contribution is 7.09. The molecular weight excluding hydrogens is 360 g/mol. The Balaban J connectivity index is 1.44. The van der Waals surface area contributed by atoms with Crippen LogP contribution in [0.3, 0.4) is 0 Å². The molecule has 2 saturated heterocycles. The van der Waals surface area contributed by atoms with E-state index in [-0.39, 0.29) is 11.3 Å². The van der Waals surface area contributed by atoms with Gasteiger partial charge in [-0.2, -0.15) is 5.26 Å². The zero-order chi connectivity index (χ0) is 18.7. The SMILES string of the molecule is N#Cc1ccc(CN2CCOCC3(CC(=O)N(Cc4cncs4)C3)C2)cc1. The van der Waals surface area contributed by atoms with Crippen molar-refractivity contribution in [2.75, 3.05) is 32.8 Å². The second-order valence-corrected chi connectivity index (χ2v) is 8.44. The lowest BCUT2D eigenvalue weighted by Crippen LogP contribution is -2.40. The van der Waals surface area contributed by atoms with Crippen LogP contribution in [0, 0.1) is 16.7 Å². The van der Waals surface area contributed by atoms with Gasteiger partial charge < -0.3 is 9.64 Å². The van der Waals surface area contributed by atoms with Gasteiger partial charge >= 0.3 is 0 Å². The molecule has 2 aliphatic heterocycles. The topological polar surface area (TPSA) is 69.5 Å². The molecule has 4 rings (SSSR count). The predicted octanol–water partition coefficient (Wildman–Crippen LogP) is 2.27. The van der Waals surface area contributed by atoms with Gasteiger partial charge in [-0.1, -0.05) is 12.1 Å². The van der Waals surface area contributed by atoms with Gasteiger partial charge in [-0.15, -0.1) is 11.3 Å². The summed E-state index contributed by atoms with van der Waals surface area (Å²) in [7, 11) is 0. The molecule has 0 N–H and O–H groups in total. The van der Waals surface area contributed by atoms with E-state index in [1.165, 1.54) is 5.56 Å². The zero-order valence-electron chi connectivity index (χ0n) is 15.1. The quantitative estimate of drug-likeness (QED) is 0.811. The number of rotatable bonds is 4. The summed E-state index contributed by atoms with van der Waals surface area (Å²) in [5, 5.41) is 8.95. The fraction of sp³-hybridized carbons (Fsp3) is 0.450. The third kappa shape index (κ3) is 4.19. The van der Waals surface area contributed by atoms with E-state index in [9.17, 15) is 4.79 Å². The van der Waals surface area contributed by atoms with Crippen LogP contribution < -0.4 is 0 Å². The van der Waals surface area contributed by atoms with Crippen molar-refractivity contribution in [3.63, 3.8) is 0 Å². The Labute approximate surface area is 163 Å². The van der Waals surface area contributed by atoms with E-state index in [0.29, 0.717) is 31.7 Å². The molecule has 140 valence electrons. The number of thiazole rings is 1. The Bertz CT molecular complexity index is 831. The summed E-state index contributed by atoms with van der Waals surface area (Å²) in [4.78, 5) is 22.2. The van der Waals surface area contributed by atoms with Gasteiger partial charge in [-0.25, -0.2) is 0 Å². The lowest BCUT2D eigenvalue weighted by atomic mass is 9.87. The lowest BCUT2D eigenvalue weighted by Gasteiger charge is -2.31. The van der Waals surface area contributed by atoms with Crippen LogP contribution in [-0.2, 0) is 22.6 Å². The number of ether oxygens (including phenoxy) is 1. The molecule has 0 aliphatic carbocycles. The molecule has 0 bridgehead atoms. The standard InChI is InChI=1S/C20H22N4O2S/c21-8-16-1-3-17(4-2-16)10-23-5-6-26-14-20(12-23)7-19(25)24(13-20)11-18-9-22-15-27-18/h1-4,9,15H,5-7,10-14H2. The van der Waals surface area contributed by atoms with Crippen LogP contribution in [0.15, 0.2) is 36.0 Å². The third-order valence-electron chi connectivity index (χ3n) is 5.24. The molecule has 2 aliphatic rings. The van der Waals surface area contributed by atoms with Crippen LogP contribution in [-0.4, -0.2) is 53.5 Å². The number of benzene rings is 1. The molecule has 1 amide bonds. The molecule has 1 spiro atoms. The maximum absolute atomic E-state index is 12.6. The maximum atomic E-state index is 12.6. The molecule has 6 nitrogen and oxygen atoms in total. The largest absolute Gasteiger partial charge is 0.379 e. The van der Waals surface area contributed by atoms with Crippen molar-refractivity contribution in [3.05, 3.63) is 52.0 Å². The normalized spacial score (nSPS) is 23.5. The van der Waals surface area contributed by atoms with Crippen molar-refractivity contribution in [1.82, 2.24) is 14.8 Å². The second-order valence-electron chi connectivity index (χ2n) is 7.47. The molecule has 7 heteroatoms. The smallest absolute Gasteiger partial charge is 0.223 e. The number of hydrogen-bond donors (Lipinski definition) is 0. The van der Waals surface area contributed by atoms with Gasteiger partial charge in [0.1, 0.15) is 0 Å². The summed E-state index contributed by atoms with van der Waals surface area (Å²) >= 11 is 1.59. The Morgan fingerprint density at radius 1 is 1.26 bits per heavy atom. The fourth-order valence-corrected chi connectivity index (χ4v) is 4.60. The van der Waals surface area contributed by atoms with Crippen LogP contribution >= 0.6 is 11.3 Å². The van der Waals surface area contributed by atoms with Crippen LogP contribution in [0.2, 0.25) is 0 Å².